The van der Waals surface area contributed by atoms with E-state index in [1.165, 1.54) is 77.0 Å². The van der Waals surface area contributed by atoms with E-state index in [4.69, 9.17) is 10.5 Å². The molecular weight excluding hydrogens is 262 g/mol. The standard InChI is InChI=1S/C18H37NO2/c1-2-3-4-5-6-7-8-9-10-11-12-13-14-17-18(19)16(20)15-21-17/h16-18,20H,2-15,19H2,1H3/t16-,17-,18+/m0/s1. The predicted molar refractivity (Wildman–Crippen MR) is 89.4 cm³/mol. The van der Waals surface area contributed by atoms with Crippen molar-refractivity contribution in [3.63, 3.8) is 0 Å². The Balaban J connectivity index is 1.77. The number of aliphatic hydroxyl groups excluding tert-OH is 1. The van der Waals surface area contributed by atoms with E-state index in [-0.39, 0.29) is 12.1 Å². The number of hydrogen-bond acceptors (Lipinski definition) is 3. The van der Waals surface area contributed by atoms with Crippen LogP contribution >= 0.6 is 0 Å². The fourth-order valence-corrected chi connectivity index (χ4v) is 3.15. The Morgan fingerprint density at radius 3 is 1.76 bits per heavy atom. The number of aliphatic hydroxyl groups is 1. The SMILES string of the molecule is CCCCCCCCCCCCCC[C@@H]1OC[C@H](O)[C@H]1N. The lowest BCUT2D eigenvalue weighted by atomic mass is 10.0. The Labute approximate surface area is 131 Å². The molecule has 3 N–H and O–H groups in total. The molecule has 1 heterocycles. The summed E-state index contributed by atoms with van der Waals surface area (Å²) < 4.78 is 5.50. The molecule has 0 aromatic heterocycles. The number of ether oxygens (including phenoxy) is 1. The van der Waals surface area contributed by atoms with Crippen LogP contribution in [0.15, 0.2) is 0 Å². The van der Waals surface area contributed by atoms with Crippen molar-refractivity contribution in [2.75, 3.05) is 6.61 Å². The summed E-state index contributed by atoms with van der Waals surface area (Å²) in [5.74, 6) is 0. The summed E-state index contributed by atoms with van der Waals surface area (Å²) in [5.41, 5.74) is 5.89. The van der Waals surface area contributed by atoms with Gasteiger partial charge in [0.2, 0.25) is 0 Å². The molecule has 0 radical (unpaired) electrons. The fraction of sp³-hybridized carbons (Fsp3) is 1.00. The van der Waals surface area contributed by atoms with Gasteiger partial charge in [0.1, 0.15) is 0 Å². The molecule has 0 saturated carbocycles. The zero-order chi connectivity index (χ0) is 15.3. The quantitative estimate of drug-likeness (QED) is 0.502. The Hall–Kier alpha value is -0.120. The van der Waals surface area contributed by atoms with E-state index in [1.807, 2.05) is 0 Å². The smallest absolute Gasteiger partial charge is 0.0949 e. The molecule has 3 atom stereocenters. The van der Waals surface area contributed by atoms with E-state index in [9.17, 15) is 5.11 Å². The summed E-state index contributed by atoms with van der Waals surface area (Å²) in [7, 11) is 0. The van der Waals surface area contributed by atoms with Gasteiger partial charge in [-0.1, -0.05) is 84.0 Å². The first-order valence-corrected chi connectivity index (χ1v) is 9.31. The van der Waals surface area contributed by atoms with Crippen LogP contribution in [0, 0.1) is 0 Å². The van der Waals surface area contributed by atoms with Gasteiger partial charge >= 0.3 is 0 Å². The summed E-state index contributed by atoms with van der Waals surface area (Å²) in [6.45, 7) is 2.69. The largest absolute Gasteiger partial charge is 0.389 e. The van der Waals surface area contributed by atoms with Gasteiger partial charge in [0.05, 0.1) is 24.9 Å². The Bertz CT molecular complexity index is 235. The van der Waals surface area contributed by atoms with Crippen molar-refractivity contribution < 1.29 is 9.84 Å². The van der Waals surface area contributed by atoms with E-state index < -0.39 is 6.10 Å². The fourth-order valence-electron chi connectivity index (χ4n) is 3.15. The molecule has 126 valence electrons. The molecule has 1 fully saturated rings. The normalized spacial score (nSPS) is 25.6. The first kappa shape index (κ1) is 18.9. The van der Waals surface area contributed by atoms with Gasteiger partial charge < -0.3 is 15.6 Å². The summed E-state index contributed by atoms with van der Waals surface area (Å²) in [5, 5.41) is 9.51. The van der Waals surface area contributed by atoms with Gasteiger partial charge in [-0.2, -0.15) is 0 Å². The topological polar surface area (TPSA) is 55.5 Å². The molecule has 0 bridgehead atoms. The number of unbranched alkanes of at least 4 members (excludes halogenated alkanes) is 11. The molecule has 0 unspecified atom stereocenters. The van der Waals surface area contributed by atoms with Crippen LogP contribution in [-0.2, 0) is 4.74 Å². The van der Waals surface area contributed by atoms with Gasteiger partial charge in [-0.15, -0.1) is 0 Å². The van der Waals surface area contributed by atoms with Crippen LogP contribution < -0.4 is 5.73 Å². The molecule has 0 aliphatic carbocycles. The van der Waals surface area contributed by atoms with Crippen LogP contribution in [0.1, 0.15) is 90.4 Å². The van der Waals surface area contributed by atoms with Crippen molar-refractivity contribution in [3.05, 3.63) is 0 Å². The molecular formula is C18H37NO2. The van der Waals surface area contributed by atoms with Gasteiger partial charge in [0.25, 0.3) is 0 Å². The van der Waals surface area contributed by atoms with Crippen LogP contribution in [0.2, 0.25) is 0 Å². The summed E-state index contributed by atoms with van der Waals surface area (Å²) in [6, 6.07) is -0.169. The Kier molecular flexibility index (Phi) is 11.2. The van der Waals surface area contributed by atoms with E-state index in [1.54, 1.807) is 0 Å². The van der Waals surface area contributed by atoms with Crippen molar-refractivity contribution in [1.82, 2.24) is 0 Å². The third-order valence-corrected chi connectivity index (χ3v) is 4.70. The van der Waals surface area contributed by atoms with Gasteiger partial charge in [-0.3, -0.25) is 0 Å². The van der Waals surface area contributed by atoms with Crippen LogP contribution in [0.3, 0.4) is 0 Å². The molecule has 3 heteroatoms. The highest BCUT2D eigenvalue weighted by molar-refractivity contribution is 4.86. The summed E-state index contributed by atoms with van der Waals surface area (Å²) in [4.78, 5) is 0. The minimum atomic E-state index is -0.452. The Morgan fingerprint density at radius 2 is 1.33 bits per heavy atom. The second-order valence-corrected chi connectivity index (χ2v) is 6.69. The van der Waals surface area contributed by atoms with E-state index in [2.05, 4.69) is 6.92 Å². The van der Waals surface area contributed by atoms with Crippen molar-refractivity contribution >= 4 is 0 Å². The van der Waals surface area contributed by atoms with Crippen LogP contribution in [0.4, 0.5) is 0 Å². The van der Waals surface area contributed by atoms with E-state index in [0.717, 1.165) is 6.42 Å². The highest BCUT2D eigenvalue weighted by atomic mass is 16.5. The highest BCUT2D eigenvalue weighted by Crippen LogP contribution is 2.19. The van der Waals surface area contributed by atoms with Crippen molar-refractivity contribution in [3.8, 4) is 0 Å². The number of nitrogens with two attached hydrogens (primary N) is 1. The Morgan fingerprint density at radius 1 is 0.857 bits per heavy atom. The van der Waals surface area contributed by atoms with Crippen LogP contribution in [0.5, 0.6) is 0 Å². The van der Waals surface area contributed by atoms with Gasteiger partial charge in [-0.05, 0) is 6.42 Å². The van der Waals surface area contributed by atoms with Gasteiger partial charge in [0, 0.05) is 0 Å². The van der Waals surface area contributed by atoms with Crippen molar-refractivity contribution in [2.24, 2.45) is 5.73 Å². The number of hydrogen-bond donors (Lipinski definition) is 2. The van der Waals surface area contributed by atoms with Gasteiger partial charge in [-0.25, -0.2) is 0 Å². The lowest BCUT2D eigenvalue weighted by Crippen LogP contribution is -2.38. The zero-order valence-corrected chi connectivity index (χ0v) is 14.1. The molecule has 0 spiro atoms. The molecule has 0 aromatic carbocycles. The third kappa shape index (κ3) is 8.80. The maximum absolute atomic E-state index is 9.51. The minimum absolute atomic E-state index is 0.0862. The second kappa shape index (κ2) is 12.4. The van der Waals surface area contributed by atoms with Gasteiger partial charge in [0.15, 0.2) is 0 Å². The maximum Gasteiger partial charge on any atom is 0.0949 e. The molecule has 1 aliphatic rings. The lowest BCUT2D eigenvalue weighted by molar-refractivity contribution is 0.0819. The molecule has 21 heavy (non-hydrogen) atoms. The molecule has 1 rings (SSSR count). The first-order valence-electron chi connectivity index (χ1n) is 9.31. The monoisotopic (exact) mass is 299 g/mol. The molecule has 3 nitrogen and oxygen atoms in total. The molecule has 1 saturated heterocycles. The van der Waals surface area contributed by atoms with Crippen LogP contribution in [-0.4, -0.2) is 30.0 Å². The van der Waals surface area contributed by atoms with Crippen molar-refractivity contribution in [2.45, 2.75) is 109 Å². The second-order valence-electron chi connectivity index (χ2n) is 6.69. The zero-order valence-electron chi connectivity index (χ0n) is 14.1. The third-order valence-electron chi connectivity index (χ3n) is 4.70. The van der Waals surface area contributed by atoms with E-state index in [0.29, 0.717) is 6.61 Å². The average Bonchev–Trinajstić information content (AvgIpc) is 2.80. The number of rotatable bonds is 13. The molecule has 0 amide bonds. The van der Waals surface area contributed by atoms with Crippen molar-refractivity contribution in [1.29, 1.82) is 0 Å². The van der Waals surface area contributed by atoms with Crippen LogP contribution in [0.25, 0.3) is 0 Å². The minimum Gasteiger partial charge on any atom is -0.389 e. The highest BCUT2D eigenvalue weighted by Gasteiger charge is 2.32. The average molecular weight is 299 g/mol. The molecule has 1 aliphatic heterocycles. The van der Waals surface area contributed by atoms with E-state index >= 15 is 0 Å². The maximum atomic E-state index is 9.51. The lowest BCUT2D eigenvalue weighted by Gasteiger charge is -2.15. The summed E-state index contributed by atoms with van der Waals surface area (Å²) in [6.07, 6.45) is 17.1. The predicted octanol–water partition coefficient (Wildman–Crippen LogP) is 4.16. The molecule has 0 aromatic rings. The summed E-state index contributed by atoms with van der Waals surface area (Å²) >= 11 is 0. The first-order chi connectivity index (χ1) is 10.3.